The number of esters is 1. The molecule has 5 heteroatoms. The van der Waals surface area contributed by atoms with Gasteiger partial charge in [-0.3, -0.25) is 4.98 Å². The van der Waals surface area contributed by atoms with Gasteiger partial charge >= 0.3 is 5.97 Å². The van der Waals surface area contributed by atoms with E-state index in [0.717, 1.165) is 5.56 Å². The van der Waals surface area contributed by atoms with Gasteiger partial charge in [-0.15, -0.1) is 0 Å². The van der Waals surface area contributed by atoms with Crippen molar-refractivity contribution in [1.29, 1.82) is 0 Å². The third-order valence-electron chi connectivity index (χ3n) is 1.86. The predicted molar refractivity (Wildman–Crippen MR) is 51.6 cm³/mol. The fourth-order valence-corrected chi connectivity index (χ4v) is 1.03. The SMILES string of the molecule is COC(=O)c1cncc([C@H](N)CN)c1. The molecule has 0 unspecified atom stereocenters. The van der Waals surface area contributed by atoms with Crippen molar-refractivity contribution >= 4 is 5.97 Å². The maximum Gasteiger partial charge on any atom is 0.339 e. The van der Waals surface area contributed by atoms with E-state index in [1.54, 1.807) is 12.3 Å². The first kappa shape index (κ1) is 10.6. The van der Waals surface area contributed by atoms with Gasteiger partial charge in [0.1, 0.15) is 0 Å². The van der Waals surface area contributed by atoms with Crippen LogP contribution in [0.2, 0.25) is 0 Å². The van der Waals surface area contributed by atoms with Crippen molar-refractivity contribution in [2.24, 2.45) is 11.5 Å². The van der Waals surface area contributed by atoms with Gasteiger partial charge in [-0.05, 0) is 11.6 Å². The Bertz CT molecular complexity index is 328. The van der Waals surface area contributed by atoms with Gasteiger partial charge in [-0.1, -0.05) is 0 Å². The Morgan fingerprint density at radius 1 is 1.64 bits per heavy atom. The zero-order valence-corrected chi connectivity index (χ0v) is 7.93. The van der Waals surface area contributed by atoms with E-state index >= 15 is 0 Å². The Kier molecular flexibility index (Phi) is 3.55. The Balaban J connectivity index is 2.95. The molecule has 0 fully saturated rings. The summed E-state index contributed by atoms with van der Waals surface area (Å²) in [6, 6.07) is 1.34. The second-order valence-corrected chi connectivity index (χ2v) is 2.84. The minimum atomic E-state index is -0.427. The molecular weight excluding hydrogens is 182 g/mol. The normalized spacial score (nSPS) is 12.2. The van der Waals surface area contributed by atoms with Gasteiger partial charge in [0.05, 0.1) is 12.7 Å². The maximum atomic E-state index is 11.1. The lowest BCUT2D eigenvalue weighted by Crippen LogP contribution is -2.21. The monoisotopic (exact) mass is 195 g/mol. The number of carbonyl (C=O) groups excluding carboxylic acids is 1. The van der Waals surface area contributed by atoms with E-state index in [9.17, 15) is 4.79 Å². The van der Waals surface area contributed by atoms with Gasteiger partial charge < -0.3 is 16.2 Å². The van der Waals surface area contributed by atoms with E-state index in [0.29, 0.717) is 12.1 Å². The van der Waals surface area contributed by atoms with Gasteiger partial charge in [0.2, 0.25) is 0 Å². The minimum Gasteiger partial charge on any atom is -0.465 e. The third kappa shape index (κ3) is 2.27. The second kappa shape index (κ2) is 4.69. The minimum absolute atomic E-state index is 0.299. The Morgan fingerprint density at radius 3 is 2.93 bits per heavy atom. The highest BCUT2D eigenvalue weighted by Gasteiger charge is 2.09. The van der Waals surface area contributed by atoms with Crippen molar-refractivity contribution < 1.29 is 9.53 Å². The van der Waals surface area contributed by atoms with Crippen LogP contribution in [0.5, 0.6) is 0 Å². The van der Waals surface area contributed by atoms with Crippen LogP contribution in [-0.4, -0.2) is 24.6 Å². The number of hydrogen-bond donors (Lipinski definition) is 2. The molecular formula is C9H13N3O2. The molecule has 0 saturated carbocycles. The molecule has 0 aliphatic heterocycles. The molecule has 4 N–H and O–H groups in total. The molecule has 76 valence electrons. The van der Waals surface area contributed by atoms with E-state index in [1.807, 2.05) is 0 Å². The highest BCUT2D eigenvalue weighted by atomic mass is 16.5. The number of nitrogens with two attached hydrogens (primary N) is 2. The topological polar surface area (TPSA) is 91.2 Å². The van der Waals surface area contributed by atoms with Crippen molar-refractivity contribution in [1.82, 2.24) is 4.98 Å². The molecule has 1 aromatic rings. The van der Waals surface area contributed by atoms with Crippen LogP contribution in [-0.2, 0) is 4.74 Å². The number of hydrogen-bond acceptors (Lipinski definition) is 5. The number of aromatic nitrogens is 1. The lowest BCUT2D eigenvalue weighted by Gasteiger charge is -2.08. The predicted octanol–water partition coefficient (Wildman–Crippen LogP) is -0.173. The first-order valence-corrected chi connectivity index (χ1v) is 4.18. The Hall–Kier alpha value is -1.46. The summed E-state index contributed by atoms with van der Waals surface area (Å²) in [6.45, 7) is 0.312. The van der Waals surface area contributed by atoms with Crippen LogP contribution in [0.25, 0.3) is 0 Å². The third-order valence-corrected chi connectivity index (χ3v) is 1.86. The van der Waals surface area contributed by atoms with Crippen LogP contribution in [0.15, 0.2) is 18.5 Å². The molecule has 0 amide bonds. The number of nitrogens with zero attached hydrogens (tertiary/aromatic N) is 1. The first-order chi connectivity index (χ1) is 6.69. The summed E-state index contributed by atoms with van der Waals surface area (Å²) in [5.41, 5.74) is 12.2. The highest BCUT2D eigenvalue weighted by molar-refractivity contribution is 5.89. The van der Waals surface area contributed by atoms with Crippen LogP contribution in [0, 0.1) is 0 Å². The maximum absolute atomic E-state index is 11.1. The van der Waals surface area contributed by atoms with Crippen LogP contribution in [0.3, 0.4) is 0 Å². The lowest BCUT2D eigenvalue weighted by molar-refractivity contribution is 0.0600. The van der Waals surface area contributed by atoms with Crippen LogP contribution in [0.4, 0.5) is 0 Å². The summed E-state index contributed by atoms with van der Waals surface area (Å²) >= 11 is 0. The van der Waals surface area contributed by atoms with Gasteiger partial charge in [-0.2, -0.15) is 0 Å². The van der Waals surface area contributed by atoms with E-state index in [4.69, 9.17) is 11.5 Å². The number of pyridine rings is 1. The van der Waals surface area contributed by atoms with E-state index in [-0.39, 0.29) is 6.04 Å². The summed E-state index contributed by atoms with van der Waals surface area (Å²) in [5, 5.41) is 0. The molecule has 0 aromatic carbocycles. The first-order valence-electron chi connectivity index (χ1n) is 4.18. The van der Waals surface area contributed by atoms with Crippen molar-refractivity contribution in [3.8, 4) is 0 Å². The van der Waals surface area contributed by atoms with Crippen LogP contribution >= 0.6 is 0 Å². The fraction of sp³-hybridized carbons (Fsp3) is 0.333. The summed E-state index contributed by atoms with van der Waals surface area (Å²) in [5.74, 6) is -0.427. The molecule has 1 rings (SSSR count). The average Bonchev–Trinajstić information content (AvgIpc) is 2.27. The van der Waals surface area contributed by atoms with Gasteiger partial charge in [0, 0.05) is 25.0 Å². The van der Waals surface area contributed by atoms with Crippen molar-refractivity contribution in [2.45, 2.75) is 6.04 Å². The molecule has 0 bridgehead atoms. The molecule has 14 heavy (non-hydrogen) atoms. The Morgan fingerprint density at radius 2 is 2.36 bits per heavy atom. The van der Waals surface area contributed by atoms with Crippen molar-refractivity contribution in [3.05, 3.63) is 29.6 Å². The molecule has 0 radical (unpaired) electrons. The zero-order valence-electron chi connectivity index (χ0n) is 7.93. The fourth-order valence-electron chi connectivity index (χ4n) is 1.03. The molecule has 0 spiro atoms. The van der Waals surface area contributed by atoms with Crippen LogP contribution in [0.1, 0.15) is 22.0 Å². The van der Waals surface area contributed by atoms with Crippen LogP contribution < -0.4 is 11.5 Å². The average molecular weight is 195 g/mol. The lowest BCUT2D eigenvalue weighted by atomic mass is 10.1. The molecule has 1 aromatic heterocycles. The smallest absolute Gasteiger partial charge is 0.339 e. The van der Waals surface area contributed by atoms with E-state index in [2.05, 4.69) is 9.72 Å². The number of rotatable bonds is 3. The molecule has 0 aliphatic carbocycles. The second-order valence-electron chi connectivity index (χ2n) is 2.84. The highest BCUT2D eigenvalue weighted by Crippen LogP contribution is 2.10. The summed E-state index contributed by atoms with van der Waals surface area (Å²) in [7, 11) is 1.32. The zero-order chi connectivity index (χ0) is 10.6. The van der Waals surface area contributed by atoms with Crippen molar-refractivity contribution in [2.75, 3.05) is 13.7 Å². The van der Waals surface area contributed by atoms with E-state index in [1.165, 1.54) is 13.3 Å². The number of ether oxygens (including phenoxy) is 1. The van der Waals surface area contributed by atoms with Crippen molar-refractivity contribution in [3.63, 3.8) is 0 Å². The molecule has 1 atom stereocenters. The standard InChI is InChI=1S/C9H13N3O2/c1-14-9(13)7-2-6(4-12-5-7)8(11)3-10/h2,4-5,8H,3,10-11H2,1H3/t8-/m1/s1. The number of methoxy groups -OCH3 is 1. The van der Waals surface area contributed by atoms with E-state index < -0.39 is 5.97 Å². The Labute approximate surface area is 82.1 Å². The van der Waals surface area contributed by atoms with Gasteiger partial charge in [0.25, 0.3) is 0 Å². The largest absolute Gasteiger partial charge is 0.465 e. The quantitative estimate of drug-likeness (QED) is 0.653. The molecule has 5 nitrogen and oxygen atoms in total. The summed E-state index contributed by atoms with van der Waals surface area (Å²) in [4.78, 5) is 15.0. The molecule has 0 saturated heterocycles. The summed E-state index contributed by atoms with van der Waals surface area (Å²) in [6.07, 6.45) is 3.02. The molecule has 1 heterocycles. The van der Waals surface area contributed by atoms with Gasteiger partial charge in [-0.25, -0.2) is 4.79 Å². The molecule has 0 aliphatic rings. The number of carbonyl (C=O) groups is 1. The van der Waals surface area contributed by atoms with Gasteiger partial charge in [0.15, 0.2) is 0 Å². The summed E-state index contributed by atoms with van der Waals surface area (Å²) < 4.78 is 4.55.